The number of benzene rings is 2. The van der Waals surface area contributed by atoms with E-state index in [1.807, 2.05) is 12.1 Å². The Balaban J connectivity index is 1.49. The smallest absolute Gasteiger partial charge is 0.357 e. The van der Waals surface area contributed by atoms with Gasteiger partial charge < -0.3 is 4.98 Å². The number of alkyl halides is 3. The Kier molecular flexibility index (Phi) is 4.47. The molecule has 3 heterocycles. The molecule has 0 aliphatic carbocycles. The van der Waals surface area contributed by atoms with Crippen molar-refractivity contribution in [3.05, 3.63) is 93.7 Å². The average molecular weight is 436 g/mol. The van der Waals surface area contributed by atoms with E-state index in [0.29, 0.717) is 16.8 Å². The first-order chi connectivity index (χ1) is 15.2. The molecule has 0 amide bonds. The van der Waals surface area contributed by atoms with E-state index >= 15 is 0 Å². The van der Waals surface area contributed by atoms with Gasteiger partial charge in [-0.1, -0.05) is 18.2 Å². The average Bonchev–Trinajstić information content (AvgIpc) is 3.31. The second kappa shape index (κ2) is 7.12. The Hall–Kier alpha value is -3.81. The van der Waals surface area contributed by atoms with Crippen LogP contribution >= 0.6 is 0 Å². The number of aromatic amines is 1. The highest BCUT2D eigenvalue weighted by Gasteiger charge is 2.30. The number of fused-ring (bicyclic) bond motifs is 2. The van der Waals surface area contributed by atoms with Crippen LogP contribution in [0.4, 0.5) is 13.2 Å². The molecule has 162 valence electrons. The number of aromatic nitrogens is 4. The number of hydrogen-bond donors (Lipinski definition) is 1. The van der Waals surface area contributed by atoms with E-state index in [1.54, 1.807) is 18.3 Å². The standard InChI is InChI=1S/C24H19F3N4O/c1-14-3-9-21-20(15(14)2)11-19(28-21)13-31-23(32)30-12-17(6-10-22(30)29-31)16-4-7-18(8-5-16)24(25,26)27/h3-12,28H,13H2,1-2H3. The van der Waals surface area contributed by atoms with E-state index in [1.165, 1.54) is 32.3 Å². The van der Waals surface area contributed by atoms with Crippen molar-refractivity contribution in [1.29, 1.82) is 0 Å². The van der Waals surface area contributed by atoms with E-state index < -0.39 is 11.7 Å². The third-order valence-electron chi connectivity index (χ3n) is 5.84. The van der Waals surface area contributed by atoms with E-state index in [0.717, 1.165) is 28.7 Å². The van der Waals surface area contributed by atoms with Crippen LogP contribution in [-0.4, -0.2) is 19.2 Å². The molecule has 5 aromatic rings. The molecule has 1 N–H and O–H groups in total. The lowest BCUT2D eigenvalue weighted by molar-refractivity contribution is -0.137. The van der Waals surface area contributed by atoms with Gasteiger partial charge in [-0.05, 0) is 72.5 Å². The van der Waals surface area contributed by atoms with Crippen LogP contribution in [0.25, 0.3) is 27.7 Å². The summed E-state index contributed by atoms with van der Waals surface area (Å²) in [6.45, 7) is 4.40. The van der Waals surface area contributed by atoms with Crippen LogP contribution in [0.15, 0.2) is 65.6 Å². The Labute approximate surface area is 180 Å². The van der Waals surface area contributed by atoms with Gasteiger partial charge in [0.15, 0.2) is 5.65 Å². The highest BCUT2D eigenvalue weighted by Crippen LogP contribution is 2.31. The van der Waals surface area contributed by atoms with Crippen LogP contribution in [0, 0.1) is 13.8 Å². The highest BCUT2D eigenvalue weighted by molar-refractivity contribution is 5.84. The van der Waals surface area contributed by atoms with Crippen molar-refractivity contribution in [2.75, 3.05) is 0 Å². The molecule has 2 aromatic carbocycles. The summed E-state index contributed by atoms with van der Waals surface area (Å²) in [4.78, 5) is 16.3. The van der Waals surface area contributed by atoms with Crippen molar-refractivity contribution in [3.63, 3.8) is 0 Å². The summed E-state index contributed by atoms with van der Waals surface area (Å²) in [7, 11) is 0. The van der Waals surface area contributed by atoms with Gasteiger partial charge in [0.1, 0.15) is 0 Å². The highest BCUT2D eigenvalue weighted by atomic mass is 19.4. The zero-order valence-electron chi connectivity index (χ0n) is 17.4. The predicted octanol–water partition coefficient (Wildman–Crippen LogP) is 5.33. The van der Waals surface area contributed by atoms with Crippen molar-refractivity contribution in [2.24, 2.45) is 0 Å². The second-order valence-corrected chi connectivity index (χ2v) is 7.92. The number of aryl methyl sites for hydroxylation is 2. The summed E-state index contributed by atoms with van der Waals surface area (Å²) < 4.78 is 41.2. The van der Waals surface area contributed by atoms with Crippen LogP contribution in [0.1, 0.15) is 22.4 Å². The van der Waals surface area contributed by atoms with Gasteiger partial charge in [0.05, 0.1) is 12.1 Å². The maximum absolute atomic E-state index is 12.9. The molecule has 0 aliphatic rings. The summed E-state index contributed by atoms with van der Waals surface area (Å²) in [5.74, 6) is 0. The van der Waals surface area contributed by atoms with Crippen LogP contribution in [-0.2, 0) is 12.7 Å². The van der Waals surface area contributed by atoms with Crippen molar-refractivity contribution >= 4 is 16.6 Å². The zero-order valence-corrected chi connectivity index (χ0v) is 17.4. The van der Waals surface area contributed by atoms with Crippen molar-refractivity contribution in [3.8, 4) is 11.1 Å². The predicted molar refractivity (Wildman–Crippen MR) is 117 cm³/mol. The number of rotatable bonds is 3. The van der Waals surface area contributed by atoms with Gasteiger partial charge in [-0.2, -0.15) is 13.2 Å². The van der Waals surface area contributed by atoms with E-state index in [2.05, 4.69) is 30.0 Å². The molecule has 8 heteroatoms. The van der Waals surface area contributed by atoms with Gasteiger partial charge in [-0.25, -0.2) is 13.9 Å². The summed E-state index contributed by atoms with van der Waals surface area (Å²) in [6, 6.07) is 14.4. The van der Waals surface area contributed by atoms with E-state index in [4.69, 9.17) is 0 Å². The fourth-order valence-corrected chi connectivity index (χ4v) is 3.91. The number of nitrogens with zero attached hydrogens (tertiary/aromatic N) is 3. The lowest BCUT2D eigenvalue weighted by atomic mass is 10.1. The zero-order chi connectivity index (χ0) is 22.6. The second-order valence-electron chi connectivity index (χ2n) is 7.92. The molecule has 5 nitrogen and oxygen atoms in total. The molecule has 0 unspecified atom stereocenters. The summed E-state index contributed by atoms with van der Waals surface area (Å²) in [6.07, 6.45) is -2.79. The van der Waals surface area contributed by atoms with E-state index in [9.17, 15) is 18.0 Å². The third-order valence-corrected chi connectivity index (χ3v) is 5.84. The summed E-state index contributed by atoms with van der Waals surface area (Å²) in [5.41, 5.74) is 4.90. The summed E-state index contributed by atoms with van der Waals surface area (Å²) >= 11 is 0. The first kappa shape index (κ1) is 20.1. The van der Waals surface area contributed by atoms with Crippen LogP contribution < -0.4 is 5.69 Å². The lowest BCUT2D eigenvalue weighted by Crippen LogP contribution is -2.21. The van der Waals surface area contributed by atoms with Gasteiger partial charge >= 0.3 is 11.9 Å². The molecule has 32 heavy (non-hydrogen) atoms. The van der Waals surface area contributed by atoms with Crippen molar-refractivity contribution in [2.45, 2.75) is 26.6 Å². The molecular weight excluding hydrogens is 417 g/mol. The SMILES string of the molecule is Cc1ccc2[nH]c(Cn3nc4ccc(-c5ccc(C(F)(F)F)cc5)cn4c3=O)cc2c1C. The molecule has 0 spiro atoms. The molecule has 0 bridgehead atoms. The van der Waals surface area contributed by atoms with Crippen LogP contribution in [0.2, 0.25) is 0 Å². The minimum absolute atomic E-state index is 0.281. The van der Waals surface area contributed by atoms with Gasteiger partial charge in [-0.15, -0.1) is 5.10 Å². The molecular formula is C24H19F3N4O. The van der Waals surface area contributed by atoms with Crippen molar-refractivity contribution < 1.29 is 13.2 Å². The maximum Gasteiger partial charge on any atom is 0.416 e. The number of halogens is 3. The topological polar surface area (TPSA) is 55.1 Å². The van der Waals surface area contributed by atoms with E-state index in [-0.39, 0.29) is 12.2 Å². The Bertz CT molecular complexity index is 1520. The third kappa shape index (κ3) is 3.37. The quantitative estimate of drug-likeness (QED) is 0.416. The molecule has 0 saturated carbocycles. The van der Waals surface area contributed by atoms with Gasteiger partial charge in [-0.3, -0.25) is 0 Å². The molecule has 5 rings (SSSR count). The fraction of sp³-hybridized carbons (Fsp3) is 0.167. The molecule has 0 radical (unpaired) electrons. The Morgan fingerprint density at radius 3 is 2.41 bits per heavy atom. The number of pyridine rings is 1. The van der Waals surface area contributed by atoms with Crippen molar-refractivity contribution in [1.82, 2.24) is 19.2 Å². The van der Waals surface area contributed by atoms with Gasteiger partial charge in [0.2, 0.25) is 0 Å². The fourth-order valence-electron chi connectivity index (χ4n) is 3.91. The van der Waals surface area contributed by atoms with Gasteiger partial charge in [0, 0.05) is 22.8 Å². The first-order valence-corrected chi connectivity index (χ1v) is 10.1. The van der Waals surface area contributed by atoms with Crippen LogP contribution in [0.5, 0.6) is 0 Å². The Morgan fingerprint density at radius 2 is 1.69 bits per heavy atom. The molecule has 0 fully saturated rings. The largest absolute Gasteiger partial charge is 0.416 e. The number of hydrogen-bond acceptors (Lipinski definition) is 2. The molecule has 0 saturated heterocycles. The maximum atomic E-state index is 12.9. The minimum atomic E-state index is -4.39. The lowest BCUT2D eigenvalue weighted by Gasteiger charge is -2.07. The number of nitrogens with one attached hydrogen (secondary N) is 1. The van der Waals surface area contributed by atoms with Crippen LogP contribution in [0.3, 0.4) is 0 Å². The molecule has 3 aromatic heterocycles. The summed E-state index contributed by atoms with van der Waals surface area (Å²) in [5, 5.41) is 5.51. The van der Waals surface area contributed by atoms with Gasteiger partial charge in [0.25, 0.3) is 0 Å². The number of H-pyrrole nitrogens is 1. The molecule has 0 aliphatic heterocycles. The normalized spacial score (nSPS) is 12.2. The Morgan fingerprint density at radius 1 is 0.969 bits per heavy atom. The minimum Gasteiger partial charge on any atom is -0.357 e. The monoisotopic (exact) mass is 436 g/mol. The first-order valence-electron chi connectivity index (χ1n) is 10.1. The molecule has 0 atom stereocenters.